The number of nitrogens with zero attached hydrogens (tertiary/aromatic N) is 1. The van der Waals surface area contributed by atoms with E-state index in [1.807, 2.05) is 0 Å². The molecular formula is C24H26FNO. The molecule has 0 radical (unpaired) electrons. The molecule has 2 nitrogen and oxygen atoms in total. The molecule has 0 aliphatic heterocycles. The van der Waals surface area contributed by atoms with E-state index in [1.165, 1.54) is 56.2 Å². The molecule has 3 heteroatoms. The van der Waals surface area contributed by atoms with Gasteiger partial charge in [-0.25, -0.2) is 4.39 Å². The number of hydrogen-bond acceptors (Lipinski definition) is 2. The first-order valence-corrected chi connectivity index (χ1v) is 10.2. The van der Waals surface area contributed by atoms with Gasteiger partial charge in [0.05, 0.1) is 5.71 Å². The van der Waals surface area contributed by atoms with Gasteiger partial charge in [-0.05, 0) is 79.5 Å². The Morgan fingerprint density at radius 3 is 2.07 bits per heavy atom. The number of halogens is 1. The van der Waals surface area contributed by atoms with E-state index in [0.717, 1.165) is 29.0 Å². The smallest absolute Gasteiger partial charge is 0.142 e. The summed E-state index contributed by atoms with van der Waals surface area (Å²) in [6.45, 7) is 0.378. The van der Waals surface area contributed by atoms with Crippen molar-refractivity contribution in [3.8, 4) is 0 Å². The maximum absolute atomic E-state index is 13.1. The Bertz CT molecular complexity index is 792. The lowest BCUT2D eigenvalue weighted by atomic mass is 9.48. The van der Waals surface area contributed by atoms with E-state index in [0.29, 0.717) is 6.61 Å². The zero-order chi connectivity index (χ0) is 18.3. The highest BCUT2D eigenvalue weighted by molar-refractivity contribution is 6.04. The van der Waals surface area contributed by atoms with Crippen LogP contribution in [0.15, 0.2) is 59.8 Å². The van der Waals surface area contributed by atoms with Gasteiger partial charge in [-0.15, -0.1) is 0 Å². The van der Waals surface area contributed by atoms with E-state index in [2.05, 4.69) is 30.3 Å². The average Bonchev–Trinajstić information content (AvgIpc) is 2.66. The Hall–Kier alpha value is -2.16. The van der Waals surface area contributed by atoms with E-state index in [-0.39, 0.29) is 11.2 Å². The molecule has 0 unspecified atom stereocenters. The van der Waals surface area contributed by atoms with Crippen LogP contribution in [0.5, 0.6) is 0 Å². The standard InChI is InChI=1S/C24H26FNO/c25-22-8-6-17(7-9-22)16-27-26-23(21-4-2-1-3-5-21)24-13-18-10-19(14-24)12-20(11-18)15-24/h1-9,18-20H,10-16H2/b26-23+. The molecular weight excluding hydrogens is 337 g/mol. The fourth-order valence-electron chi connectivity index (χ4n) is 6.20. The van der Waals surface area contributed by atoms with Gasteiger partial charge in [0.1, 0.15) is 12.4 Å². The van der Waals surface area contributed by atoms with Crippen LogP contribution < -0.4 is 0 Å². The quantitative estimate of drug-likeness (QED) is 0.474. The summed E-state index contributed by atoms with van der Waals surface area (Å²) in [5.74, 6) is 2.37. The molecule has 4 aliphatic carbocycles. The summed E-state index contributed by atoms with van der Waals surface area (Å²) >= 11 is 0. The number of oxime groups is 1. The summed E-state index contributed by atoms with van der Waals surface area (Å²) in [6, 6.07) is 17.0. The Morgan fingerprint density at radius 2 is 1.48 bits per heavy atom. The number of hydrogen-bond donors (Lipinski definition) is 0. The van der Waals surface area contributed by atoms with Crippen LogP contribution >= 0.6 is 0 Å². The third kappa shape index (κ3) is 3.28. The molecule has 0 aromatic heterocycles. The summed E-state index contributed by atoms with van der Waals surface area (Å²) in [5.41, 5.74) is 3.46. The Labute approximate surface area is 160 Å². The summed E-state index contributed by atoms with van der Waals surface area (Å²) in [7, 11) is 0. The zero-order valence-electron chi connectivity index (χ0n) is 15.6. The fourth-order valence-corrected chi connectivity index (χ4v) is 6.20. The van der Waals surface area contributed by atoms with Gasteiger partial charge >= 0.3 is 0 Å². The van der Waals surface area contributed by atoms with E-state index >= 15 is 0 Å². The topological polar surface area (TPSA) is 21.6 Å². The van der Waals surface area contributed by atoms with Crippen molar-refractivity contribution in [1.29, 1.82) is 0 Å². The van der Waals surface area contributed by atoms with Crippen molar-refractivity contribution in [3.05, 3.63) is 71.5 Å². The average molecular weight is 363 g/mol. The van der Waals surface area contributed by atoms with Gasteiger partial charge in [-0.2, -0.15) is 0 Å². The van der Waals surface area contributed by atoms with Crippen LogP contribution in [0.1, 0.15) is 49.7 Å². The lowest BCUT2D eigenvalue weighted by Gasteiger charge is -2.56. The van der Waals surface area contributed by atoms with Crippen molar-refractivity contribution in [2.24, 2.45) is 28.3 Å². The molecule has 2 aromatic carbocycles. The van der Waals surface area contributed by atoms with Gasteiger partial charge in [-0.1, -0.05) is 47.6 Å². The van der Waals surface area contributed by atoms with Crippen LogP contribution in [0.2, 0.25) is 0 Å². The van der Waals surface area contributed by atoms with E-state index in [4.69, 9.17) is 9.99 Å². The molecule has 4 fully saturated rings. The molecule has 4 saturated carbocycles. The van der Waals surface area contributed by atoms with Crippen molar-refractivity contribution < 1.29 is 9.23 Å². The second kappa shape index (κ2) is 6.78. The molecule has 0 heterocycles. The predicted molar refractivity (Wildman–Crippen MR) is 105 cm³/mol. The van der Waals surface area contributed by atoms with Crippen molar-refractivity contribution in [3.63, 3.8) is 0 Å². The second-order valence-corrected chi connectivity index (χ2v) is 8.90. The minimum atomic E-state index is -0.221. The summed E-state index contributed by atoms with van der Waals surface area (Å²) in [6.07, 6.45) is 8.01. The van der Waals surface area contributed by atoms with Crippen molar-refractivity contribution in [1.82, 2.24) is 0 Å². The number of benzene rings is 2. The maximum atomic E-state index is 13.1. The Morgan fingerprint density at radius 1 is 0.889 bits per heavy atom. The molecule has 27 heavy (non-hydrogen) atoms. The SMILES string of the molecule is Fc1ccc(CO/N=C(\c2ccccc2)C23CC4CC(CC(C4)C2)C3)cc1. The Kier molecular flexibility index (Phi) is 4.26. The molecule has 0 amide bonds. The van der Waals surface area contributed by atoms with Gasteiger partial charge in [-0.3, -0.25) is 0 Å². The third-order valence-corrected chi connectivity index (χ3v) is 6.89. The van der Waals surface area contributed by atoms with Crippen LogP contribution in [-0.2, 0) is 11.4 Å². The third-order valence-electron chi connectivity index (χ3n) is 6.89. The lowest BCUT2D eigenvalue weighted by Crippen LogP contribution is -2.50. The molecule has 0 atom stereocenters. The highest BCUT2D eigenvalue weighted by Gasteiger charge is 2.53. The van der Waals surface area contributed by atoms with Crippen LogP contribution in [0.4, 0.5) is 4.39 Å². The monoisotopic (exact) mass is 363 g/mol. The van der Waals surface area contributed by atoms with E-state index < -0.39 is 0 Å². The van der Waals surface area contributed by atoms with Gasteiger partial charge in [0.25, 0.3) is 0 Å². The van der Waals surface area contributed by atoms with Crippen LogP contribution in [0.25, 0.3) is 0 Å². The van der Waals surface area contributed by atoms with Gasteiger partial charge in [0.15, 0.2) is 0 Å². The van der Waals surface area contributed by atoms with Crippen LogP contribution in [-0.4, -0.2) is 5.71 Å². The molecule has 2 aromatic rings. The first kappa shape index (κ1) is 17.0. The molecule has 0 N–H and O–H groups in total. The highest BCUT2D eigenvalue weighted by Crippen LogP contribution is 2.61. The van der Waals surface area contributed by atoms with Gasteiger partial charge in [0, 0.05) is 5.41 Å². The fraction of sp³-hybridized carbons (Fsp3) is 0.458. The maximum Gasteiger partial charge on any atom is 0.142 e. The summed E-state index contributed by atoms with van der Waals surface area (Å²) < 4.78 is 13.1. The lowest BCUT2D eigenvalue weighted by molar-refractivity contribution is -0.0148. The normalized spacial score (nSPS) is 31.9. The first-order chi connectivity index (χ1) is 13.2. The molecule has 140 valence electrons. The Balaban J connectivity index is 1.44. The molecule has 4 aliphatic rings. The molecule has 4 bridgehead atoms. The van der Waals surface area contributed by atoms with Crippen molar-refractivity contribution in [2.45, 2.75) is 45.1 Å². The van der Waals surface area contributed by atoms with E-state index in [9.17, 15) is 4.39 Å². The minimum absolute atomic E-state index is 0.179. The minimum Gasteiger partial charge on any atom is -0.391 e. The predicted octanol–water partition coefficient (Wildman–Crippen LogP) is 5.96. The largest absolute Gasteiger partial charge is 0.391 e. The molecule has 6 rings (SSSR count). The van der Waals surface area contributed by atoms with Crippen LogP contribution in [0.3, 0.4) is 0 Å². The second-order valence-electron chi connectivity index (χ2n) is 8.90. The summed E-state index contributed by atoms with van der Waals surface area (Å²) in [5, 5.41) is 4.72. The first-order valence-electron chi connectivity index (χ1n) is 10.2. The van der Waals surface area contributed by atoms with Gasteiger partial charge in [0.2, 0.25) is 0 Å². The molecule has 0 spiro atoms. The van der Waals surface area contributed by atoms with E-state index in [1.54, 1.807) is 12.1 Å². The van der Waals surface area contributed by atoms with Crippen molar-refractivity contribution in [2.75, 3.05) is 0 Å². The van der Waals surface area contributed by atoms with Gasteiger partial charge < -0.3 is 4.84 Å². The molecule has 0 saturated heterocycles. The highest BCUT2D eigenvalue weighted by atomic mass is 19.1. The summed E-state index contributed by atoms with van der Waals surface area (Å²) in [4.78, 5) is 5.83. The van der Waals surface area contributed by atoms with Crippen LogP contribution in [0, 0.1) is 29.0 Å². The zero-order valence-corrected chi connectivity index (χ0v) is 15.6. The number of rotatable bonds is 5. The van der Waals surface area contributed by atoms with Crippen molar-refractivity contribution >= 4 is 5.71 Å².